The van der Waals surface area contributed by atoms with Crippen molar-refractivity contribution in [2.75, 3.05) is 6.61 Å². The molecule has 154 valence electrons. The number of ether oxygens (including phenoxy) is 1. The number of unbranched alkanes of at least 4 members (excludes halogenated alkanes) is 8. The van der Waals surface area contributed by atoms with Crippen LogP contribution in [0.5, 0.6) is 0 Å². The fourth-order valence-electron chi connectivity index (χ4n) is 3.24. The first-order valence-electron chi connectivity index (χ1n) is 10.6. The maximum atomic E-state index is 12.2. The number of nitrogens with zero attached hydrogens (tertiary/aromatic N) is 1. The second kappa shape index (κ2) is 14.7. The van der Waals surface area contributed by atoms with Crippen molar-refractivity contribution in [1.82, 2.24) is 0 Å². The molecule has 5 heteroatoms. The Morgan fingerprint density at radius 2 is 1.56 bits per heavy atom. The van der Waals surface area contributed by atoms with E-state index in [1.54, 1.807) is 0 Å². The highest BCUT2D eigenvalue weighted by Crippen LogP contribution is 2.20. The molecule has 0 amide bonds. The number of esters is 1. The largest absolute Gasteiger partial charge is 0.618 e. The fourth-order valence-corrected chi connectivity index (χ4v) is 3.36. The summed E-state index contributed by atoms with van der Waals surface area (Å²) in [6, 6.07) is 2.95. The third-order valence-electron chi connectivity index (χ3n) is 4.98. The lowest BCUT2D eigenvalue weighted by atomic mass is 9.95. The molecule has 0 saturated heterocycles. The number of hydrogen-bond acceptors (Lipinski definition) is 3. The normalized spacial score (nSPS) is 12.1. The lowest BCUT2D eigenvalue weighted by Gasteiger charge is -2.17. The molecule has 1 aromatic rings. The number of halogens is 1. The molecule has 0 saturated carbocycles. The van der Waals surface area contributed by atoms with Crippen LogP contribution >= 0.6 is 11.6 Å². The van der Waals surface area contributed by atoms with Gasteiger partial charge >= 0.3 is 5.97 Å². The maximum Gasteiger partial charge on any atom is 0.344 e. The molecule has 0 fully saturated rings. The Kier molecular flexibility index (Phi) is 13.0. The van der Waals surface area contributed by atoms with Gasteiger partial charge in [-0.2, -0.15) is 4.73 Å². The van der Waals surface area contributed by atoms with E-state index in [0.29, 0.717) is 17.3 Å². The fraction of sp³-hybridized carbons (Fsp3) is 0.727. The van der Waals surface area contributed by atoms with E-state index < -0.39 is 5.97 Å². The minimum Gasteiger partial charge on any atom is -0.618 e. The highest BCUT2D eigenvalue weighted by atomic mass is 35.5. The van der Waals surface area contributed by atoms with E-state index in [2.05, 4.69) is 13.8 Å². The smallest absolute Gasteiger partial charge is 0.344 e. The van der Waals surface area contributed by atoms with Crippen LogP contribution in [0.15, 0.2) is 18.3 Å². The van der Waals surface area contributed by atoms with Crippen molar-refractivity contribution in [2.24, 2.45) is 5.92 Å². The zero-order chi connectivity index (χ0) is 19.9. The van der Waals surface area contributed by atoms with Crippen LogP contribution in [0.25, 0.3) is 0 Å². The van der Waals surface area contributed by atoms with Crippen LogP contribution in [0.2, 0.25) is 5.15 Å². The van der Waals surface area contributed by atoms with Crippen molar-refractivity contribution >= 4 is 17.6 Å². The molecular weight excluding hydrogens is 362 g/mol. The van der Waals surface area contributed by atoms with Crippen LogP contribution in [-0.2, 0) is 4.74 Å². The monoisotopic (exact) mass is 397 g/mol. The Morgan fingerprint density at radius 1 is 1.00 bits per heavy atom. The lowest BCUT2D eigenvalue weighted by Crippen LogP contribution is -2.28. The first-order valence-corrected chi connectivity index (χ1v) is 11.0. The standard InChI is InChI=1S/C22H36ClNO3/c1-3-5-7-9-10-12-14-19(13-11-8-6-4-2)18-27-22(25)20-15-16-21(23)24(26)17-20/h15-17,19H,3-14,18H2,1-2H3. The zero-order valence-electron chi connectivity index (χ0n) is 17.1. The summed E-state index contributed by atoms with van der Waals surface area (Å²) in [4.78, 5) is 12.2. The highest BCUT2D eigenvalue weighted by molar-refractivity contribution is 6.28. The quantitative estimate of drug-likeness (QED) is 0.112. The van der Waals surface area contributed by atoms with E-state index in [1.165, 1.54) is 82.5 Å². The van der Waals surface area contributed by atoms with E-state index in [4.69, 9.17) is 16.3 Å². The molecule has 0 aromatic carbocycles. The summed E-state index contributed by atoms with van der Waals surface area (Å²) in [6.07, 6.45) is 15.9. The van der Waals surface area contributed by atoms with Crippen molar-refractivity contribution < 1.29 is 14.3 Å². The van der Waals surface area contributed by atoms with Crippen molar-refractivity contribution in [3.63, 3.8) is 0 Å². The summed E-state index contributed by atoms with van der Waals surface area (Å²) < 4.78 is 5.99. The Morgan fingerprint density at radius 3 is 2.15 bits per heavy atom. The zero-order valence-corrected chi connectivity index (χ0v) is 17.8. The van der Waals surface area contributed by atoms with Gasteiger partial charge in [-0.05, 0) is 36.4 Å². The minimum atomic E-state index is -0.447. The van der Waals surface area contributed by atoms with Gasteiger partial charge < -0.3 is 9.94 Å². The Labute approximate surface area is 169 Å². The number of carbonyl (C=O) groups excluding carboxylic acids is 1. The van der Waals surface area contributed by atoms with Gasteiger partial charge in [0.1, 0.15) is 5.56 Å². The van der Waals surface area contributed by atoms with Gasteiger partial charge in [0.25, 0.3) is 5.15 Å². The molecule has 1 unspecified atom stereocenters. The third-order valence-corrected chi connectivity index (χ3v) is 5.28. The second-order valence-corrected chi connectivity index (χ2v) is 7.82. The van der Waals surface area contributed by atoms with Gasteiger partial charge in [-0.15, -0.1) is 0 Å². The number of aromatic nitrogens is 1. The van der Waals surface area contributed by atoms with Gasteiger partial charge in [0.05, 0.1) is 6.61 Å². The highest BCUT2D eigenvalue weighted by Gasteiger charge is 2.16. The second-order valence-electron chi connectivity index (χ2n) is 7.44. The van der Waals surface area contributed by atoms with Crippen LogP contribution in [0.1, 0.15) is 101 Å². The number of carbonyl (C=O) groups is 1. The minimum absolute atomic E-state index is 0.0448. The van der Waals surface area contributed by atoms with E-state index in [-0.39, 0.29) is 10.7 Å². The molecule has 0 aliphatic heterocycles. The first kappa shape index (κ1) is 23.7. The Hall–Kier alpha value is -1.29. The molecule has 0 spiro atoms. The van der Waals surface area contributed by atoms with Crippen molar-refractivity contribution in [3.8, 4) is 0 Å². The summed E-state index contributed by atoms with van der Waals surface area (Å²) >= 11 is 5.70. The predicted molar refractivity (Wildman–Crippen MR) is 111 cm³/mol. The average Bonchev–Trinajstić information content (AvgIpc) is 2.67. The van der Waals surface area contributed by atoms with E-state index in [1.807, 2.05) is 0 Å². The molecule has 0 aliphatic rings. The van der Waals surface area contributed by atoms with Crippen molar-refractivity contribution in [3.05, 3.63) is 34.3 Å². The number of hydrogen-bond donors (Lipinski definition) is 0. The summed E-state index contributed by atoms with van der Waals surface area (Å²) in [5, 5.41) is 11.6. The molecule has 1 aromatic heterocycles. The van der Waals surface area contributed by atoms with Crippen LogP contribution in [-0.4, -0.2) is 12.6 Å². The molecule has 27 heavy (non-hydrogen) atoms. The van der Waals surface area contributed by atoms with Crippen molar-refractivity contribution in [1.29, 1.82) is 0 Å². The summed E-state index contributed by atoms with van der Waals surface area (Å²) in [5.74, 6) is -0.0403. The molecule has 1 heterocycles. The van der Waals surface area contributed by atoms with Gasteiger partial charge in [-0.1, -0.05) is 78.1 Å². The number of rotatable bonds is 15. The first-order chi connectivity index (χ1) is 13.1. The summed E-state index contributed by atoms with van der Waals surface area (Å²) in [6.45, 7) is 4.88. The topological polar surface area (TPSA) is 53.2 Å². The van der Waals surface area contributed by atoms with Gasteiger partial charge in [0.15, 0.2) is 6.20 Å². The van der Waals surface area contributed by atoms with Gasteiger partial charge in [0.2, 0.25) is 0 Å². The molecule has 1 atom stereocenters. The molecule has 0 aliphatic carbocycles. The summed E-state index contributed by atoms with van der Waals surface area (Å²) in [7, 11) is 0. The molecular formula is C22H36ClNO3. The van der Waals surface area contributed by atoms with Crippen LogP contribution in [0.4, 0.5) is 0 Å². The maximum absolute atomic E-state index is 12.2. The van der Waals surface area contributed by atoms with Crippen LogP contribution in [0.3, 0.4) is 0 Å². The Balaban J connectivity index is 2.43. The van der Waals surface area contributed by atoms with E-state index in [0.717, 1.165) is 12.8 Å². The Bertz CT molecular complexity index is 536. The van der Waals surface area contributed by atoms with E-state index >= 15 is 0 Å². The molecule has 0 bridgehead atoms. The molecule has 0 N–H and O–H groups in total. The molecule has 0 radical (unpaired) electrons. The summed E-state index contributed by atoms with van der Waals surface area (Å²) in [5.41, 5.74) is 0.249. The van der Waals surface area contributed by atoms with Crippen LogP contribution in [0, 0.1) is 11.1 Å². The van der Waals surface area contributed by atoms with Gasteiger partial charge in [0, 0.05) is 6.07 Å². The molecule has 4 nitrogen and oxygen atoms in total. The van der Waals surface area contributed by atoms with E-state index in [9.17, 15) is 10.0 Å². The predicted octanol–water partition coefficient (Wildman–Crippen LogP) is 6.47. The SMILES string of the molecule is CCCCCCCCC(CCCCCC)COC(=O)c1ccc(Cl)[n+]([O-])c1. The van der Waals surface area contributed by atoms with Crippen molar-refractivity contribution in [2.45, 2.75) is 90.9 Å². The number of pyridine rings is 1. The van der Waals surface area contributed by atoms with Gasteiger partial charge in [-0.3, -0.25) is 0 Å². The van der Waals surface area contributed by atoms with Gasteiger partial charge in [-0.25, -0.2) is 4.79 Å². The van der Waals surface area contributed by atoms with Crippen LogP contribution < -0.4 is 4.73 Å². The third kappa shape index (κ3) is 10.6. The lowest BCUT2D eigenvalue weighted by molar-refractivity contribution is -0.603. The molecule has 1 rings (SSSR count). The average molecular weight is 398 g/mol.